The third kappa shape index (κ3) is 4.75. The summed E-state index contributed by atoms with van der Waals surface area (Å²) in [6.45, 7) is 0.952. The van der Waals surface area contributed by atoms with Gasteiger partial charge < -0.3 is 14.6 Å². The molecule has 2 heterocycles. The second kappa shape index (κ2) is 9.54. The standard InChI is InChI=1S/C23H25ClN4O4S/c1-27-13-10-25-22(27)21(16-6-5-7-17(14-16)32-2)26-23(29)19-15-18(8-9-20(19)24)33(30,31)28-11-3-4-12-28/h5-10,13-15,21H,3-4,11-12H2,1-2H3,(H,26,29). The van der Waals surface area contributed by atoms with E-state index in [0.29, 0.717) is 24.7 Å². The molecule has 1 aliphatic heterocycles. The number of aryl methyl sites for hydroxylation is 1. The predicted octanol–water partition coefficient (Wildman–Crippen LogP) is 3.39. The molecule has 2 aromatic carbocycles. The van der Waals surface area contributed by atoms with Gasteiger partial charge in [0.2, 0.25) is 10.0 Å². The summed E-state index contributed by atoms with van der Waals surface area (Å²) < 4.78 is 34.6. The Morgan fingerprint density at radius 3 is 2.61 bits per heavy atom. The number of sulfonamides is 1. The van der Waals surface area contributed by atoms with E-state index in [4.69, 9.17) is 16.3 Å². The van der Waals surface area contributed by atoms with Crippen molar-refractivity contribution in [3.63, 3.8) is 0 Å². The van der Waals surface area contributed by atoms with Gasteiger partial charge in [-0.05, 0) is 48.7 Å². The fourth-order valence-corrected chi connectivity index (χ4v) is 5.65. The highest BCUT2D eigenvalue weighted by Gasteiger charge is 2.29. The van der Waals surface area contributed by atoms with Crippen molar-refractivity contribution in [2.24, 2.45) is 7.05 Å². The highest BCUT2D eigenvalue weighted by atomic mass is 35.5. The molecule has 10 heteroatoms. The van der Waals surface area contributed by atoms with Crippen LogP contribution in [0.4, 0.5) is 0 Å². The van der Waals surface area contributed by atoms with Crippen molar-refractivity contribution in [2.45, 2.75) is 23.8 Å². The molecule has 1 N–H and O–H groups in total. The van der Waals surface area contributed by atoms with Crippen LogP contribution in [0.5, 0.6) is 5.75 Å². The third-order valence-corrected chi connectivity index (χ3v) is 7.93. The quantitative estimate of drug-likeness (QED) is 0.550. The highest BCUT2D eigenvalue weighted by Crippen LogP contribution is 2.28. The minimum absolute atomic E-state index is 0.0499. The largest absolute Gasteiger partial charge is 0.497 e. The topological polar surface area (TPSA) is 93.5 Å². The number of hydrogen-bond acceptors (Lipinski definition) is 5. The third-order valence-electron chi connectivity index (χ3n) is 5.70. The maximum Gasteiger partial charge on any atom is 0.253 e. The molecule has 3 aromatic rings. The lowest BCUT2D eigenvalue weighted by atomic mass is 10.0. The van der Waals surface area contributed by atoms with Gasteiger partial charge in [0.15, 0.2) is 0 Å². The minimum Gasteiger partial charge on any atom is -0.497 e. The molecule has 4 rings (SSSR count). The van der Waals surface area contributed by atoms with Gasteiger partial charge in [-0.1, -0.05) is 23.7 Å². The summed E-state index contributed by atoms with van der Waals surface area (Å²) in [4.78, 5) is 17.8. The Morgan fingerprint density at radius 2 is 1.94 bits per heavy atom. The second-order valence-corrected chi connectivity index (χ2v) is 10.2. The number of amides is 1. The molecule has 33 heavy (non-hydrogen) atoms. The van der Waals surface area contributed by atoms with Gasteiger partial charge in [0.1, 0.15) is 17.6 Å². The van der Waals surface area contributed by atoms with E-state index in [2.05, 4.69) is 10.3 Å². The number of imidazole rings is 1. The first kappa shape index (κ1) is 23.3. The number of methoxy groups -OCH3 is 1. The number of benzene rings is 2. The molecule has 8 nitrogen and oxygen atoms in total. The van der Waals surface area contributed by atoms with Crippen LogP contribution in [0, 0.1) is 0 Å². The van der Waals surface area contributed by atoms with E-state index < -0.39 is 22.0 Å². The maximum atomic E-state index is 13.3. The van der Waals surface area contributed by atoms with Gasteiger partial charge in [0.25, 0.3) is 5.91 Å². The van der Waals surface area contributed by atoms with Gasteiger partial charge >= 0.3 is 0 Å². The molecule has 0 spiro atoms. The first-order valence-electron chi connectivity index (χ1n) is 10.5. The lowest BCUT2D eigenvalue weighted by Crippen LogP contribution is -2.32. The monoisotopic (exact) mass is 488 g/mol. The van der Waals surface area contributed by atoms with Gasteiger partial charge in [-0.2, -0.15) is 4.31 Å². The van der Waals surface area contributed by atoms with Gasteiger partial charge in [0, 0.05) is 32.5 Å². The van der Waals surface area contributed by atoms with E-state index in [-0.39, 0.29) is 15.5 Å². The van der Waals surface area contributed by atoms with Crippen LogP contribution in [0.25, 0.3) is 0 Å². The summed E-state index contributed by atoms with van der Waals surface area (Å²) in [6, 6.07) is 10.9. The lowest BCUT2D eigenvalue weighted by Gasteiger charge is -2.21. The zero-order valence-electron chi connectivity index (χ0n) is 18.4. The fourth-order valence-electron chi connectivity index (χ4n) is 3.90. The van der Waals surface area contributed by atoms with Crippen LogP contribution in [0.3, 0.4) is 0 Å². The van der Waals surface area contributed by atoms with E-state index in [1.165, 1.54) is 22.5 Å². The average molecular weight is 489 g/mol. The van der Waals surface area contributed by atoms with Crippen LogP contribution in [-0.4, -0.2) is 48.4 Å². The van der Waals surface area contributed by atoms with Crippen LogP contribution in [0.15, 0.2) is 59.8 Å². The van der Waals surface area contributed by atoms with Crippen molar-refractivity contribution in [3.8, 4) is 5.75 Å². The zero-order chi connectivity index (χ0) is 23.6. The molecule has 0 saturated carbocycles. The molecule has 0 radical (unpaired) electrons. The Morgan fingerprint density at radius 1 is 1.18 bits per heavy atom. The molecule has 1 aromatic heterocycles. The number of nitrogens with one attached hydrogen (secondary N) is 1. The number of aromatic nitrogens is 2. The molecular formula is C23H25ClN4O4S. The Kier molecular flexibility index (Phi) is 6.73. The highest BCUT2D eigenvalue weighted by molar-refractivity contribution is 7.89. The zero-order valence-corrected chi connectivity index (χ0v) is 19.9. The Hall–Kier alpha value is -2.88. The molecule has 0 bridgehead atoms. The summed E-state index contributed by atoms with van der Waals surface area (Å²) in [5, 5.41) is 3.13. The van der Waals surface area contributed by atoms with E-state index in [1.807, 2.05) is 31.3 Å². The van der Waals surface area contributed by atoms with Crippen LogP contribution >= 0.6 is 11.6 Å². The Labute approximate surface area is 198 Å². The number of hydrogen-bond donors (Lipinski definition) is 1. The Balaban J connectivity index is 1.69. The summed E-state index contributed by atoms with van der Waals surface area (Å²) >= 11 is 6.32. The molecule has 1 fully saturated rings. The molecular weight excluding hydrogens is 464 g/mol. The molecule has 1 atom stereocenters. The number of carbonyl (C=O) groups excluding carboxylic acids is 1. The molecule has 1 aliphatic rings. The Bertz CT molecular complexity index is 1270. The molecule has 174 valence electrons. The van der Waals surface area contributed by atoms with Crippen molar-refractivity contribution in [1.29, 1.82) is 0 Å². The van der Waals surface area contributed by atoms with E-state index >= 15 is 0 Å². The second-order valence-electron chi connectivity index (χ2n) is 7.83. The fraction of sp³-hybridized carbons (Fsp3) is 0.304. The van der Waals surface area contributed by atoms with Crippen molar-refractivity contribution in [1.82, 2.24) is 19.2 Å². The molecule has 0 aliphatic carbocycles. The number of rotatable bonds is 7. The van der Waals surface area contributed by atoms with E-state index in [1.54, 1.807) is 24.1 Å². The van der Waals surface area contributed by atoms with Crippen molar-refractivity contribution >= 4 is 27.5 Å². The lowest BCUT2D eigenvalue weighted by molar-refractivity contribution is 0.0941. The number of halogens is 1. The van der Waals surface area contributed by atoms with Gasteiger partial charge in [-0.25, -0.2) is 13.4 Å². The normalized spacial score (nSPS) is 15.4. The van der Waals surface area contributed by atoms with Crippen LogP contribution in [0.2, 0.25) is 5.02 Å². The number of carbonyl (C=O) groups is 1. The predicted molar refractivity (Wildman–Crippen MR) is 125 cm³/mol. The smallest absolute Gasteiger partial charge is 0.253 e. The van der Waals surface area contributed by atoms with Crippen molar-refractivity contribution in [3.05, 3.63) is 76.8 Å². The maximum absolute atomic E-state index is 13.3. The molecule has 1 amide bonds. The van der Waals surface area contributed by atoms with E-state index in [9.17, 15) is 13.2 Å². The number of ether oxygens (including phenoxy) is 1. The van der Waals surface area contributed by atoms with Crippen molar-refractivity contribution in [2.75, 3.05) is 20.2 Å². The van der Waals surface area contributed by atoms with Crippen LogP contribution < -0.4 is 10.1 Å². The summed E-state index contributed by atoms with van der Waals surface area (Å²) in [7, 11) is -0.289. The van der Waals surface area contributed by atoms with Gasteiger partial charge in [0.05, 0.1) is 22.6 Å². The number of nitrogens with zero attached hydrogens (tertiary/aromatic N) is 3. The van der Waals surface area contributed by atoms with Crippen LogP contribution in [0.1, 0.15) is 40.6 Å². The molecule has 1 saturated heterocycles. The first-order valence-corrected chi connectivity index (χ1v) is 12.3. The van der Waals surface area contributed by atoms with E-state index in [0.717, 1.165) is 18.4 Å². The minimum atomic E-state index is -3.69. The van der Waals surface area contributed by atoms with Gasteiger partial charge in [-0.3, -0.25) is 4.79 Å². The summed E-state index contributed by atoms with van der Waals surface area (Å²) in [5.74, 6) is 0.737. The van der Waals surface area contributed by atoms with Crippen molar-refractivity contribution < 1.29 is 17.9 Å². The average Bonchev–Trinajstić information content (AvgIpc) is 3.50. The van der Waals surface area contributed by atoms with Gasteiger partial charge in [-0.15, -0.1) is 0 Å². The van der Waals surface area contributed by atoms with Crippen LogP contribution in [-0.2, 0) is 17.1 Å². The first-order chi connectivity index (χ1) is 15.8. The summed E-state index contributed by atoms with van der Waals surface area (Å²) in [5.41, 5.74) is 0.841. The summed E-state index contributed by atoms with van der Waals surface area (Å²) in [6.07, 6.45) is 5.08. The SMILES string of the molecule is COc1cccc(C(NC(=O)c2cc(S(=O)(=O)N3CCCC3)ccc2Cl)c2nccn2C)c1. The molecule has 1 unspecified atom stereocenters.